The largest absolute Gasteiger partial charge is 0.497 e. The van der Waals surface area contributed by atoms with E-state index in [1.807, 2.05) is 42.7 Å². The third-order valence-electron chi connectivity index (χ3n) is 5.81. The second-order valence-corrected chi connectivity index (χ2v) is 9.66. The average Bonchev–Trinajstić information content (AvgIpc) is 3.53. The summed E-state index contributed by atoms with van der Waals surface area (Å²) in [7, 11) is 1.63. The van der Waals surface area contributed by atoms with E-state index in [1.165, 1.54) is 11.8 Å². The molecule has 8 nitrogen and oxygen atoms in total. The predicted octanol–water partition coefficient (Wildman–Crippen LogP) is 4.70. The van der Waals surface area contributed by atoms with Crippen molar-refractivity contribution in [3.63, 3.8) is 0 Å². The summed E-state index contributed by atoms with van der Waals surface area (Å²) < 4.78 is 13.2. The van der Waals surface area contributed by atoms with Crippen LogP contribution in [0, 0.1) is 5.92 Å². The van der Waals surface area contributed by atoms with Gasteiger partial charge in [0, 0.05) is 29.3 Å². The van der Waals surface area contributed by atoms with Gasteiger partial charge in [-0.25, -0.2) is 0 Å². The van der Waals surface area contributed by atoms with Crippen molar-refractivity contribution in [2.45, 2.75) is 44.5 Å². The van der Waals surface area contributed by atoms with Gasteiger partial charge >= 0.3 is 0 Å². The second kappa shape index (κ2) is 11.5. The van der Waals surface area contributed by atoms with Gasteiger partial charge in [0.15, 0.2) is 16.8 Å². The summed E-state index contributed by atoms with van der Waals surface area (Å²) in [6.45, 7) is 5.07. The second-order valence-electron chi connectivity index (χ2n) is 8.71. The first-order valence-corrected chi connectivity index (χ1v) is 12.7. The Hall–Kier alpha value is -3.17. The van der Waals surface area contributed by atoms with E-state index in [0.29, 0.717) is 23.0 Å². The number of benzene rings is 2. The molecule has 1 aliphatic heterocycles. The first-order valence-electron chi connectivity index (χ1n) is 11.7. The molecule has 1 atom stereocenters. The maximum Gasteiger partial charge on any atom is 0.226 e. The van der Waals surface area contributed by atoms with Crippen LogP contribution in [-0.2, 0) is 16.1 Å². The van der Waals surface area contributed by atoms with Gasteiger partial charge in [0.25, 0.3) is 0 Å². The van der Waals surface area contributed by atoms with Crippen LogP contribution in [0.25, 0.3) is 11.4 Å². The lowest BCUT2D eigenvalue weighted by molar-refractivity contribution is -0.118. The minimum absolute atomic E-state index is 0.0191. The molecule has 3 aromatic rings. The van der Waals surface area contributed by atoms with Gasteiger partial charge in [-0.2, -0.15) is 0 Å². The Balaban J connectivity index is 1.47. The molecule has 1 aromatic heterocycles. The predicted molar refractivity (Wildman–Crippen MR) is 136 cm³/mol. The Morgan fingerprint density at radius 1 is 1.14 bits per heavy atom. The van der Waals surface area contributed by atoms with Crippen LogP contribution >= 0.6 is 11.8 Å². The number of carbonyl (C=O) groups excluding carboxylic acids is 2. The van der Waals surface area contributed by atoms with E-state index < -0.39 is 0 Å². The molecule has 0 aliphatic carbocycles. The Morgan fingerprint density at radius 3 is 2.51 bits per heavy atom. The molecule has 0 bridgehead atoms. The molecule has 184 valence electrons. The molecule has 4 rings (SSSR count). The van der Waals surface area contributed by atoms with Crippen molar-refractivity contribution < 1.29 is 19.1 Å². The number of nitrogens with zero attached hydrogens (tertiary/aromatic N) is 3. The fourth-order valence-corrected chi connectivity index (χ4v) is 4.59. The number of rotatable bonds is 10. The van der Waals surface area contributed by atoms with Crippen molar-refractivity contribution in [1.82, 2.24) is 14.8 Å². The van der Waals surface area contributed by atoms with Crippen LogP contribution in [0.3, 0.4) is 0 Å². The van der Waals surface area contributed by atoms with Gasteiger partial charge in [-0.05, 0) is 61.4 Å². The molecule has 1 unspecified atom stereocenters. The van der Waals surface area contributed by atoms with Gasteiger partial charge in [-0.15, -0.1) is 10.2 Å². The summed E-state index contributed by atoms with van der Waals surface area (Å²) in [4.78, 5) is 24.7. The molecule has 1 fully saturated rings. The number of hydrogen-bond acceptors (Lipinski definition) is 7. The summed E-state index contributed by atoms with van der Waals surface area (Å²) in [6, 6.07) is 14.7. The first kappa shape index (κ1) is 24.9. The molecule has 9 heteroatoms. The highest BCUT2D eigenvalue weighted by Crippen LogP contribution is 2.28. The number of aromatic nitrogens is 3. The van der Waals surface area contributed by atoms with Crippen molar-refractivity contribution in [2.24, 2.45) is 5.92 Å². The zero-order chi connectivity index (χ0) is 24.8. The minimum atomic E-state index is -0.109. The molecule has 0 radical (unpaired) electrons. The number of thioether (sulfide) groups is 1. The lowest BCUT2D eigenvalue weighted by Crippen LogP contribution is -2.17. The fraction of sp³-hybridized carbons (Fsp3) is 0.385. The van der Waals surface area contributed by atoms with Crippen LogP contribution in [0.4, 0.5) is 5.69 Å². The lowest BCUT2D eigenvalue weighted by Gasteiger charge is -2.15. The molecule has 1 amide bonds. The Kier molecular flexibility index (Phi) is 8.20. The van der Waals surface area contributed by atoms with Crippen LogP contribution in [0.5, 0.6) is 5.75 Å². The molecule has 1 N–H and O–H groups in total. The zero-order valence-electron chi connectivity index (χ0n) is 20.2. The number of carbonyl (C=O) groups is 2. The van der Waals surface area contributed by atoms with Crippen molar-refractivity contribution in [3.05, 3.63) is 54.1 Å². The normalized spacial score (nSPS) is 15.4. The van der Waals surface area contributed by atoms with Gasteiger partial charge in [-0.1, -0.05) is 25.6 Å². The monoisotopic (exact) mass is 494 g/mol. The van der Waals surface area contributed by atoms with E-state index in [2.05, 4.69) is 15.5 Å². The van der Waals surface area contributed by atoms with Gasteiger partial charge in [-0.3, -0.25) is 14.2 Å². The molecular formula is C26H30N4O4S. The summed E-state index contributed by atoms with van der Waals surface area (Å²) in [5.41, 5.74) is 2.18. The maximum atomic E-state index is 12.9. The van der Waals surface area contributed by atoms with Crippen LogP contribution in [0.2, 0.25) is 0 Å². The number of hydrogen-bond donors (Lipinski definition) is 1. The highest BCUT2D eigenvalue weighted by Gasteiger charge is 2.22. The molecule has 1 aliphatic rings. The SMILES string of the molecule is COc1ccc(-c2nnc(SCC(=O)c3ccc(NC(=O)C(C)C)cc3)n2CC2CCCO2)cc1. The number of methoxy groups -OCH3 is 1. The van der Waals surface area contributed by atoms with Crippen molar-refractivity contribution in [3.8, 4) is 17.1 Å². The third kappa shape index (κ3) is 6.29. The first-order chi connectivity index (χ1) is 16.9. The van der Waals surface area contributed by atoms with E-state index in [0.717, 1.165) is 36.6 Å². The van der Waals surface area contributed by atoms with Crippen molar-refractivity contribution in [1.29, 1.82) is 0 Å². The maximum absolute atomic E-state index is 12.9. The molecular weight excluding hydrogens is 464 g/mol. The van der Waals surface area contributed by atoms with Gasteiger partial charge < -0.3 is 14.8 Å². The highest BCUT2D eigenvalue weighted by atomic mass is 32.2. The standard InChI is InChI=1S/C26H30N4O4S/c1-17(2)25(32)27-20-10-6-18(7-11-20)23(31)16-35-26-29-28-24(19-8-12-21(33-3)13-9-19)30(26)15-22-5-4-14-34-22/h6-13,17,22H,4-5,14-16H2,1-3H3,(H,27,32). The lowest BCUT2D eigenvalue weighted by atomic mass is 10.1. The Morgan fingerprint density at radius 2 is 1.89 bits per heavy atom. The quantitative estimate of drug-likeness (QED) is 0.322. The topological polar surface area (TPSA) is 95.3 Å². The highest BCUT2D eigenvalue weighted by molar-refractivity contribution is 7.99. The van der Waals surface area contributed by atoms with E-state index >= 15 is 0 Å². The number of amides is 1. The van der Waals surface area contributed by atoms with Crippen LogP contribution in [-0.4, -0.2) is 52.0 Å². The fourth-order valence-electron chi connectivity index (χ4n) is 3.75. The number of ketones is 1. The summed E-state index contributed by atoms with van der Waals surface area (Å²) in [5, 5.41) is 12.3. The van der Waals surface area contributed by atoms with Gasteiger partial charge in [0.05, 0.1) is 25.5 Å². The van der Waals surface area contributed by atoms with Gasteiger partial charge in [0.1, 0.15) is 5.75 Å². The number of nitrogens with one attached hydrogen (secondary N) is 1. The van der Waals surface area contributed by atoms with E-state index in [4.69, 9.17) is 9.47 Å². The van der Waals surface area contributed by atoms with Crippen molar-refractivity contribution in [2.75, 3.05) is 24.8 Å². The zero-order valence-corrected chi connectivity index (χ0v) is 21.0. The van der Waals surface area contributed by atoms with E-state index in [1.54, 1.807) is 31.4 Å². The molecule has 0 saturated carbocycles. The Bertz CT molecular complexity index is 1150. The summed E-state index contributed by atoms with van der Waals surface area (Å²) in [6.07, 6.45) is 2.13. The number of ether oxygens (including phenoxy) is 2. The van der Waals surface area contributed by atoms with Crippen LogP contribution in [0.1, 0.15) is 37.0 Å². The molecule has 2 heterocycles. The van der Waals surface area contributed by atoms with E-state index in [9.17, 15) is 9.59 Å². The summed E-state index contributed by atoms with van der Waals surface area (Å²) >= 11 is 1.37. The van der Waals surface area contributed by atoms with Crippen LogP contribution in [0.15, 0.2) is 53.7 Å². The average molecular weight is 495 g/mol. The summed E-state index contributed by atoms with van der Waals surface area (Å²) in [5.74, 6) is 1.55. The molecule has 1 saturated heterocycles. The molecule has 35 heavy (non-hydrogen) atoms. The van der Waals surface area contributed by atoms with Gasteiger partial charge in [0.2, 0.25) is 5.91 Å². The smallest absolute Gasteiger partial charge is 0.226 e. The van der Waals surface area contributed by atoms with Crippen molar-refractivity contribution >= 4 is 29.1 Å². The molecule has 2 aromatic carbocycles. The van der Waals surface area contributed by atoms with E-state index in [-0.39, 0.29) is 29.5 Å². The Labute approximate surface area is 209 Å². The molecule has 0 spiro atoms. The minimum Gasteiger partial charge on any atom is -0.497 e. The number of anilines is 1. The van der Waals surface area contributed by atoms with Crippen LogP contribution < -0.4 is 10.1 Å². The third-order valence-corrected chi connectivity index (χ3v) is 6.77. The number of Topliss-reactive ketones (excluding diaryl/α,β-unsaturated/α-hetero) is 1.